The predicted molar refractivity (Wildman–Crippen MR) is 128 cm³/mol. The molecule has 0 aliphatic heterocycles. The molecular formula is C21H43N4O2Si2Zr. The van der Waals surface area contributed by atoms with Crippen LogP contribution in [0.2, 0.25) is 13.1 Å². The Bertz CT molecular complexity index is 627. The first-order valence-electron chi connectivity index (χ1n) is 10.8. The molecule has 0 atom stereocenters. The van der Waals surface area contributed by atoms with Crippen LogP contribution < -0.4 is 15.6 Å². The van der Waals surface area contributed by atoms with Gasteiger partial charge in [0.2, 0.25) is 0 Å². The zero-order valence-corrected chi connectivity index (χ0v) is 25.0. The van der Waals surface area contributed by atoms with Crippen LogP contribution >= 0.6 is 0 Å². The molecule has 0 bridgehead atoms. The Hall–Kier alpha value is -0.433. The molecule has 0 radical (unpaired) electrons. The molecule has 0 saturated heterocycles. The Kier molecular flexibility index (Phi) is 20.4. The number of nitrogens with one attached hydrogen (secondary N) is 3. The topological polar surface area (TPSA) is 73.5 Å². The molecule has 0 aromatic carbocycles. The van der Waals surface area contributed by atoms with Gasteiger partial charge in [0.15, 0.2) is 0 Å². The van der Waals surface area contributed by atoms with Crippen LogP contribution in [0.1, 0.15) is 54.9 Å². The molecule has 0 saturated carbocycles. The van der Waals surface area contributed by atoms with Gasteiger partial charge in [0.05, 0.1) is 0 Å². The fourth-order valence-electron chi connectivity index (χ4n) is 2.45. The van der Waals surface area contributed by atoms with E-state index in [1.807, 2.05) is 25.3 Å². The summed E-state index contributed by atoms with van der Waals surface area (Å²) in [6.45, 7) is 22.2. The predicted octanol–water partition coefficient (Wildman–Crippen LogP) is 3.17. The molecule has 30 heavy (non-hydrogen) atoms. The van der Waals surface area contributed by atoms with Crippen LogP contribution in [-0.4, -0.2) is 57.3 Å². The molecule has 0 unspecified atom stereocenters. The first-order chi connectivity index (χ1) is 14.0. The summed E-state index contributed by atoms with van der Waals surface area (Å²) in [6.07, 6.45) is 7.35. The molecule has 1 aliphatic rings. The van der Waals surface area contributed by atoms with Crippen molar-refractivity contribution in [2.45, 2.75) is 73.5 Å². The number of rotatable bonds is 9. The van der Waals surface area contributed by atoms with Crippen molar-refractivity contribution in [1.29, 1.82) is 0 Å². The van der Waals surface area contributed by atoms with Gasteiger partial charge in [-0.1, -0.05) is 27.7 Å². The SMILES string of the molecule is CCNCC.CCNCC.C[Si](=O)NC(=[C]=[Zr][C]1=CC=CC1)N([Si](C)=O)C(C)(C)C. The van der Waals surface area contributed by atoms with Crippen molar-refractivity contribution in [3.8, 4) is 0 Å². The van der Waals surface area contributed by atoms with Gasteiger partial charge in [0, 0.05) is 0 Å². The fourth-order valence-corrected chi connectivity index (χ4v) is 7.12. The Morgan fingerprint density at radius 3 is 1.83 bits per heavy atom. The zero-order chi connectivity index (χ0) is 23.6. The molecule has 9 heteroatoms. The maximum absolute atomic E-state index is 12.1. The van der Waals surface area contributed by atoms with E-state index in [4.69, 9.17) is 0 Å². The second kappa shape index (κ2) is 19.3. The minimum absolute atomic E-state index is 0.279. The first kappa shape index (κ1) is 31.8. The minimum atomic E-state index is -1.93. The molecule has 171 valence electrons. The third-order valence-electron chi connectivity index (χ3n) is 3.62. The van der Waals surface area contributed by atoms with E-state index in [1.54, 1.807) is 13.1 Å². The van der Waals surface area contributed by atoms with Crippen molar-refractivity contribution in [3.05, 3.63) is 27.3 Å². The van der Waals surface area contributed by atoms with Gasteiger partial charge in [0.25, 0.3) is 0 Å². The van der Waals surface area contributed by atoms with E-state index >= 15 is 0 Å². The van der Waals surface area contributed by atoms with Crippen LogP contribution in [-0.2, 0) is 31.7 Å². The van der Waals surface area contributed by atoms with Crippen LogP contribution in [0.4, 0.5) is 0 Å². The maximum atomic E-state index is 12.1. The Morgan fingerprint density at radius 1 is 1.07 bits per heavy atom. The third kappa shape index (κ3) is 17.3. The Balaban J connectivity index is 0. The molecule has 0 heterocycles. The molecule has 1 aliphatic carbocycles. The quantitative estimate of drug-likeness (QED) is 0.398. The summed E-state index contributed by atoms with van der Waals surface area (Å²) in [6, 6.07) is 0. The standard InChI is InChI=1S/C8H16N2O2Si2.C5H5.2C4H11N.Zr/c1-7(9-13(5)11)10(14(6)12)8(2,3)4;1-2-4-5-3-1;2*1-3-5-4-2;/h9H,2-6H3;1-3H,4H2;2*5H,3-4H2,1-2H3;. The zero-order valence-electron chi connectivity index (χ0n) is 20.5. The van der Waals surface area contributed by atoms with Gasteiger partial charge in [-0.25, -0.2) is 0 Å². The van der Waals surface area contributed by atoms with Crippen molar-refractivity contribution in [1.82, 2.24) is 20.2 Å². The van der Waals surface area contributed by atoms with Crippen LogP contribution in [0.5, 0.6) is 0 Å². The fraction of sp³-hybridized carbons (Fsp3) is 0.714. The van der Waals surface area contributed by atoms with Gasteiger partial charge in [-0.15, -0.1) is 0 Å². The van der Waals surface area contributed by atoms with E-state index in [1.165, 1.54) is 3.28 Å². The Labute approximate surface area is 199 Å². The van der Waals surface area contributed by atoms with Crippen LogP contribution in [0.25, 0.3) is 0 Å². The normalized spacial score (nSPS) is 11.6. The molecular weight excluding hydrogens is 488 g/mol. The molecule has 1 rings (SSSR count). The second-order valence-corrected chi connectivity index (χ2v) is 13.2. The summed E-state index contributed by atoms with van der Waals surface area (Å²) < 4.78 is 30.4. The average Bonchev–Trinajstić information content (AvgIpc) is 3.14. The van der Waals surface area contributed by atoms with Gasteiger partial charge in [0.1, 0.15) is 0 Å². The molecule has 0 aromatic rings. The van der Waals surface area contributed by atoms with E-state index in [0.29, 0.717) is 5.82 Å². The summed E-state index contributed by atoms with van der Waals surface area (Å²) >= 11 is -0.972. The summed E-state index contributed by atoms with van der Waals surface area (Å²) in [5.41, 5.74) is -0.279. The van der Waals surface area contributed by atoms with Gasteiger partial charge in [-0.3, -0.25) is 0 Å². The van der Waals surface area contributed by atoms with Gasteiger partial charge in [-0.2, -0.15) is 0 Å². The van der Waals surface area contributed by atoms with Crippen LogP contribution in [0, 0.1) is 0 Å². The van der Waals surface area contributed by atoms with Crippen molar-refractivity contribution in [2.24, 2.45) is 0 Å². The molecule has 0 fully saturated rings. The monoisotopic (exact) mass is 529 g/mol. The number of nitrogens with zero attached hydrogens (tertiary/aromatic N) is 1. The summed E-state index contributed by atoms with van der Waals surface area (Å²) in [7, 11) is -3.82. The Morgan fingerprint density at radius 2 is 1.57 bits per heavy atom. The summed E-state index contributed by atoms with van der Waals surface area (Å²) in [4.78, 5) is 2.99. The van der Waals surface area contributed by atoms with Crippen LogP contribution in [0.3, 0.4) is 0 Å². The summed E-state index contributed by atoms with van der Waals surface area (Å²) in [5.74, 6) is 0.676. The third-order valence-corrected chi connectivity index (χ3v) is 8.32. The van der Waals surface area contributed by atoms with Crippen LogP contribution in [0.15, 0.2) is 27.3 Å². The van der Waals surface area contributed by atoms with E-state index < -0.39 is 40.4 Å². The number of hydrogen-bond acceptors (Lipinski definition) is 4. The molecule has 0 amide bonds. The van der Waals surface area contributed by atoms with Crippen molar-refractivity contribution >= 4 is 21.1 Å². The average molecular weight is 531 g/mol. The molecule has 6 nitrogen and oxygen atoms in total. The van der Waals surface area contributed by atoms with E-state index in [2.05, 4.69) is 64.9 Å². The second-order valence-electron chi connectivity index (χ2n) is 7.54. The number of hydrogen-bond donors (Lipinski definition) is 3. The van der Waals surface area contributed by atoms with Gasteiger partial charge in [-0.05, 0) is 26.2 Å². The summed E-state index contributed by atoms with van der Waals surface area (Å²) in [5, 5.41) is 6.22. The molecule has 0 aromatic heterocycles. The van der Waals surface area contributed by atoms with E-state index in [-0.39, 0.29) is 5.54 Å². The number of allylic oxidation sites excluding steroid dienone is 4. The van der Waals surface area contributed by atoms with Crippen molar-refractivity contribution < 1.29 is 31.7 Å². The van der Waals surface area contributed by atoms with Crippen molar-refractivity contribution in [3.63, 3.8) is 0 Å². The molecule has 0 spiro atoms. The van der Waals surface area contributed by atoms with Crippen molar-refractivity contribution in [2.75, 3.05) is 26.2 Å². The first-order valence-corrected chi connectivity index (χ1v) is 17.0. The van der Waals surface area contributed by atoms with E-state index in [9.17, 15) is 8.92 Å². The molecule has 3 N–H and O–H groups in total. The van der Waals surface area contributed by atoms with E-state index in [0.717, 1.165) is 32.6 Å². The van der Waals surface area contributed by atoms with Gasteiger partial charge < -0.3 is 10.6 Å². The van der Waals surface area contributed by atoms with Gasteiger partial charge >= 0.3 is 135 Å².